The molecule has 100 valence electrons. The topological polar surface area (TPSA) is 30.7 Å². The molecule has 19 heavy (non-hydrogen) atoms. The summed E-state index contributed by atoms with van der Waals surface area (Å²) in [5.74, 6) is 0.546. The van der Waals surface area contributed by atoms with Gasteiger partial charge in [-0.3, -0.25) is 4.68 Å². The van der Waals surface area contributed by atoms with Crippen LogP contribution in [0.1, 0.15) is 47.9 Å². The van der Waals surface area contributed by atoms with Crippen LogP contribution in [0.15, 0.2) is 30.5 Å². The summed E-state index contributed by atoms with van der Waals surface area (Å²) < 4.78 is 1.93. The van der Waals surface area contributed by atoms with Gasteiger partial charge in [-0.1, -0.05) is 29.5 Å². The van der Waals surface area contributed by atoms with Crippen LogP contribution in [-0.4, -0.2) is 15.0 Å². The number of fused-ring (bicyclic) bond motifs is 1. The van der Waals surface area contributed by atoms with E-state index in [1.165, 1.54) is 30.4 Å². The molecule has 0 spiro atoms. The lowest BCUT2D eigenvalue weighted by molar-refractivity contribution is 0.449. The summed E-state index contributed by atoms with van der Waals surface area (Å²) in [5, 5.41) is 8.23. The van der Waals surface area contributed by atoms with Crippen molar-refractivity contribution in [1.82, 2.24) is 15.0 Å². The Bertz CT molecular complexity index is 562. The molecule has 4 heteroatoms. The summed E-state index contributed by atoms with van der Waals surface area (Å²) in [5.41, 5.74) is 3.82. The lowest BCUT2D eigenvalue weighted by Crippen LogP contribution is -2.15. The van der Waals surface area contributed by atoms with Gasteiger partial charge >= 0.3 is 0 Å². The first kappa shape index (κ1) is 12.7. The third-order valence-corrected chi connectivity index (χ3v) is 4.09. The monoisotopic (exact) mass is 275 g/mol. The van der Waals surface area contributed by atoms with E-state index >= 15 is 0 Å². The number of alkyl halides is 1. The Hall–Kier alpha value is -1.35. The number of aryl methyl sites for hydroxylation is 1. The van der Waals surface area contributed by atoms with Crippen molar-refractivity contribution in [3.8, 4) is 0 Å². The SMILES string of the molecule is CC(Cl)c1cn(CC2CCCc3ccccc32)nn1. The number of benzene rings is 1. The van der Waals surface area contributed by atoms with Gasteiger partial charge in [0.1, 0.15) is 5.69 Å². The zero-order valence-electron chi connectivity index (χ0n) is 11.1. The smallest absolute Gasteiger partial charge is 0.100 e. The van der Waals surface area contributed by atoms with E-state index in [9.17, 15) is 0 Å². The van der Waals surface area contributed by atoms with Crippen molar-refractivity contribution in [3.63, 3.8) is 0 Å². The van der Waals surface area contributed by atoms with Crippen molar-refractivity contribution in [1.29, 1.82) is 0 Å². The third kappa shape index (κ3) is 2.66. The van der Waals surface area contributed by atoms with Crippen LogP contribution in [0.5, 0.6) is 0 Å². The maximum Gasteiger partial charge on any atom is 0.100 e. The van der Waals surface area contributed by atoms with Gasteiger partial charge in [0, 0.05) is 18.7 Å². The van der Waals surface area contributed by atoms with E-state index in [1.807, 2.05) is 17.8 Å². The second kappa shape index (κ2) is 5.33. The number of hydrogen-bond donors (Lipinski definition) is 0. The molecule has 1 aromatic heterocycles. The van der Waals surface area contributed by atoms with Gasteiger partial charge in [0.25, 0.3) is 0 Å². The zero-order chi connectivity index (χ0) is 13.2. The van der Waals surface area contributed by atoms with E-state index in [4.69, 9.17) is 11.6 Å². The molecule has 0 aliphatic heterocycles. The van der Waals surface area contributed by atoms with Crippen molar-refractivity contribution < 1.29 is 0 Å². The molecule has 0 N–H and O–H groups in total. The van der Waals surface area contributed by atoms with E-state index in [0.717, 1.165) is 12.2 Å². The van der Waals surface area contributed by atoms with Crippen LogP contribution in [0.25, 0.3) is 0 Å². The van der Waals surface area contributed by atoms with Crippen LogP contribution in [-0.2, 0) is 13.0 Å². The highest BCUT2D eigenvalue weighted by Gasteiger charge is 2.20. The maximum atomic E-state index is 6.02. The first-order chi connectivity index (χ1) is 9.24. The van der Waals surface area contributed by atoms with Crippen LogP contribution in [0.4, 0.5) is 0 Å². The van der Waals surface area contributed by atoms with Crippen LogP contribution in [0, 0.1) is 0 Å². The Morgan fingerprint density at radius 2 is 2.26 bits per heavy atom. The molecule has 0 bridgehead atoms. The average Bonchev–Trinajstić information content (AvgIpc) is 2.88. The van der Waals surface area contributed by atoms with Gasteiger partial charge in [0.15, 0.2) is 0 Å². The van der Waals surface area contributed by atoms with Crippen molar-refractivity contribution >= 4 is 11.6 Å². The Labute approximate surface area is 118 Å². The van der Waals surface area contributed by atoms with E-state index < -0.39 is 0 Å². The minimum atomic E-state index is -0.0765. The highest BCUT2D eigenvalue weighted by atomic mass is 35.5. The molecule has 2 unspecified atom stereocenters. The van der Waals surface area contributed by atoms with Gasteiger partial charge in [-0.25, -0.2) is 0 Å². The van der Waals surface area contributed by atoms with Gasteiger partial charge in [-0.05, 0) is 37.3 Å². The predicted octanol–water partition coefficient (Wildman–Crippen LogP) is 3.70. The molecule has 1 aliphatic rings. The normalized spacial score (nSPS) is 20.0. The number of rotatable bonds is 3. The molecule has 2 aromatic rings. The molecule has 2 atom stereocenters. The van der Waals surface area contributed by atoms with E-state index in [-0.39, 0.29) is 5.38 Å². The first-order valence-electron chi connectivity index (χ1n) is 6.86. The fourth-order valence-corrected chi connectivity index (χ4v) is 2.95. The largest absolute Gasteiger partial charge is 0.252 e. The summed E-state index contributed by atoms with van der Waals surface area (Å²) >= 11 is 6.02. The van der Waals surface area contributed by atoms with Gasteiger partial charge in [-0.15, -0.1) is 16.7 Å². The van der Waals surface area contributed by atoms with E-state index in [2.05, 4.69) is 34.6 Å². The van der Waals surface area contributed by atoms with Gasteiger partial charge in [-0.2, -0.15) is 0 Å². The van der Waals surface area contributed by atoms with Crippen LogP contribution >= 0.6 is 11.6 Å². The first-order valence-corrected chi connectivity index (χ1v) is 7.29. The van der Waals surface area contributed by atoms with Crippen molar-refractivity contribution in [2.24, 2.45) is 0 Å². The lowest BCUT2D eigenvalue weighted by atomic mass is 9.83. The molecular weight excluding hydrogens is 258 g/mol. The van der Waals surface area contributed by atoms with E-state index in [1.54, 1.807) is 0 Å². The number of halogens is 1. The zero-order valence-corrected chi connectivity index (χ0v) is 11.8. The number of hydrogen-bond acceptors (Lipinski definition) is 2. The molecule has 1 aromatic carbocycles. The third-order valence-electron chi connectivity index (χ3n) is 3.86. The van der Waals surface area contributed by atoms with Crippen LogP contribution in [0.2, 0.25) is 0 Å². The van der Waals surface area contributed by atoms with Crippen LogP contribution < -0.4 is 0 Å². The molecule has 0 amide bonds. The molecule has 3 nitrogen and oxygen atoms in total. The summed E-state index contributed by atoms with van der Waals surface area (Å²) in [4.78, 5) is 0. The summed E-state index contributed by atoms with van der Waals surface area (Å²) in [6, 6.07) is 8.75. The molecule has 0 fully saturated rings. The molecule has 0 saturated carbocycles. The van der Waals surface area contributed by atoms with Gasteiger partial charge in [0.05, 0.1) is 5.38 Å². The maximum absolute atomic E-state index is 6.02. The number of nitrogens with zero attached hydrogens (tertiary/aromatic N) is 3. The second-order valence-corrected chi connectivity index (χ2v) is 5.92. The minimum Gasteiger partial charge on any atom is -0.252 e. The Morgan fingerprint density at radius 1 is 1.42 bits per heavy atom. The molecule has 0 radical (unpaired) electrons. The molecule has 1 heterocycles. The summed E-state index contributed by atoms with van der Waals surface area (Å²) in [6.07, 6.45) is 5.65. The molecule has 1 aliphatic carbocycles. The number of aromatic nitrogens is 3. The van der Waals surface area contributed by atoms with E-state index in [0.29, 0.717) is 5.92 Å². The highest BCUT2D eigenvalue weighted by molar-refractivity contribution is 6.20. The van der Waals surface area contributed by atoms with Gasteiger partial charge in [0.2, 0.25) is 0 Å². The highest BCUT2D eigenvalue weighted by Crippen LogP contribution is 2.32. The summed E-state index contributed by atoms with van der Waals surface area (Å²) in [7, 11) is 0. The van der Waals surface area contributed by atoms with Crippen molar-refractivity contribution in [3.05, 3.63) is 47.3 Å². The standard InChI is InChI=1S/C15H18ClN3/c1-11(16)15-10-19(18-17-15)9-13-7-4-6-12-5-2-3-8-14(12)13/h2-3,5,8,10-11,13H,4,6-7,9H2,1H3. The van der Waals surface area contributed by atoms with Crippen LogP contribution in [0.3, 0.4) is 0 Å². The lowest BCUT2D eigenvalue weighted by Gasteiger charge is -2.25. The Balaban J connectivity index is 1.80. The quantitative estimate of drug-likeness (QED) is 0.800. The average molecular weight is 276 g/mol. The van der Waals surface area contributed by atoms with Crippen molar-refractivity contribution in [2.75, 3.05) is 0 Å². The minimum absolute atomic E-state index is 0.0765. The predicted molar refractivity (Wildman–Crippen MR) is 76.4 cm³/mol. The Morgan fingerprint density at radius 3 is 3.05 bits per heavy atom. The second-order valence-electron chi connectivity index (χ2n) is 5.27. The van der Waals surface area contributed by atoms with Gasteiger partial charge < -0.3 is 0 Å². The molecular formula is C15H18ClN3. The molecule has 3 rings (SSSR count). The fraction of sp³-hybridized carbons (Fsp3) is 0.467. The fourth-order valence-electron chi connectivity index (χ4n) is 2.85. The van der Waals surface area contributed by atoms with Crippen molar-refractivity contribution in [2.45, 2.75) is 44.0 Å². The molecule has 0 saturated heterocycles. The Kier molecular flexibility index (Phi) is 3.56. The summed E-state index contributed by atoms with van der Waals surface area (Å²) in [6.45, 7) is 2.82.